The van der Waals surface area contributed by atoms with E-state index in [2.05, 4.69) is 118 Å². The smallest absolute Gasteiger partial charge is 0.0531 e. The quantitative estimate of drug-likeness (QED) is 0.286. The van der Waals surface area contributed by atoms with Gasteiger partial charge in [-0.1, -0.05) is 76.2 Å². The Hall–Kier alpha value is -3.06. The van der Waals surface area contributed by atoms with Gasteiger partial charge in [0.15, 0.2) is 0 Å². The van der Waals surface area contributed by atoms with Crippen LogP contribution in [0, 0.1) is 6.92 Å². The molecule has 0 aliphatic heterocycles. The molecule has 3 atom stereocenters. The number of benzene rings is 3. The van der Waals surface area contributed by atoms with Gasteiger partial charge in [-0.05, 0) is 89.2 Å². The summed E-state index contributed by atoms with van der Waals surface area (Å²) in [6, 6.07) is 23.1. The molecule has 0 fully saturated rings. The zero-order valence-electron chi connectivity index (χ0n) is 20.6. The van der Waals surface area contributed by atoms with Crippen molar-refractivity contribution in [2.24, 2.45) is 0 Å². The Morgan fingerprint density at radius 1 is 0.848 bits per heavy atom. The second kappa shape index (κ2) is 8.71. The van der Waals surface area contributed by atoms with Crippen molar-refractivity contribution in [3.8, 4) is 5.69 Å². The van der Waals surface area contributed by atoms with E-state index < -0.39 is 0 Å². The molecule has 33 heavy (non-hydrogen) atoms. The first kappa shape index (κ1) is 21.8. The van der Waals surface area contributed by atoms with Crippen LogP contribution in [0.1, 0.15) is 91.7 Å². The molecule has 0 saturated carbocycles. The lowest BCUT2D eigenvalue weighted by atomic mass is 9.90. The molecule has 1 nitrogen and oxygen atoms in total. The molecule has 3 unspecified atom stereocenters. The van der Waals surface area contributed by atoms with Crippen molar-refractivity contribution in [1.29, 1.82) is 0 Å². The summed E-state index contributed by atoms with van der Waals surface area (Å²) >= 11 is 0. The van der Waals surface area contributed by atoms with Crippen LogP contribution in [0.5, 0.6) is 0 Å². The minimum Gasteiger partial charge on any atom is -0.317 e. The number of nitrogens with zero attached hydrogens (tertiary/aromatic N) is 1. The van der Waals surface area contributed by atoms with Crippen LogP contribution >= 0.6 is 0 Å². The summed E-state index contributed by atoms with van der Waals surface area (Å²) in [5, 5.41) is 1.36. The molecule has 0 spiro atoms. The third-order valence-electron chi connectivity index (χ3n) is 7.95. The van der Waals surface area contributed by atoms with Crippen LogP contribution in [0.3, 0.4) is 0 Å². The summed E-state index contributed by atoms with van der Waals surface area (Å²) in [7, 11) is 0. The Morgan fingerprint density at radius 2 is 1.61 bits per heavy atom. The van der Waals surface area contributed by atoms with Gasteiger partial charge in [-0.25, -0.2) is 0 Å². The number of aromatic nitrogens is 1. The van der Waals surface area contributed by atoms with Crippen LogP contribution in [0.4, 0.5) is 0 Å². The highest BCUT2D eigenvalue weighted by atomic mass is 15.0. The van der Waals surface area contributed by atoms with Crippen molar-refractivity contribution < 1.29 is 0 Å². The first-order chi connectivity index (χ1) is 16.0. The molecule has 5 rings (SSSR count). The molecule has 1 aromatic heterocycles. The van der Waals surface area contributed by atoms with E-state index in [4.69, 9.17) is 0 Å². The van der Waals surface area contributed by atoms with E-state index in [1.54, 1.807) is 0 Å². The molecular weight excluding hydrogens is 398 g/mol. The van der Waals surface area contributed by atoms with Crippen molar-refractivity contribution in [1.82, 2.24) is 4.57 Å². The second-order valence-electron chi connectivity index (χ2n) is 9.83. The molecule has 0 saturated heterocycles. The predicted molar refractivity (Wildman–Crippen MR) is 143 cm³/mol. The van der Waals surface area contributed by atoms with Gasteiger partial charge in [-0.2, -0.15) is 0 Å². The van der Waals surface area contributed by atoms with Crippen LogP contribution in [0.15, 0.2) is 72.9 Å². The van der Waals surface area contributed by atoms with E-state index in [1.807, 2.05) is 0 Å². The molecule has 1 heteroatoms. The Morgan fingerprint density at radius 3 is 2.33 bits per heavy atom. The Kier molecular flexibility index (Phi) is 5.74. The molecule has 168 valence electrons. The molecule has 0 radical (unpaired) electrons. The van der Waals surface area contributed by atoms with Crippen LogP contribution in [-0.4, -0.2) is 4.57 Å². The minimum absolute atomic E-state index is 0.349. The van der Waals surface area contributed by atoms with Crippen molar-refractivity contribution in [3.05, 3.63) is 106 Å². The normalized spacial score (nSPS) is 16.8. The lowest BCUT2D eigenvalue weighted by Crippen LogP contribution is -2.00. The molecule has 1 heterocycles. The highest BCUT2D eigenvalue weighted by Crippen LogP contribution is 2.38. The van der Waals surface area contributed by atoms with E-state index in [1.165, 1.54) is 62.8 Å². The Bertz CT molecular complexity index is 1320. The Labute approximate surface area is 198 Å². The van der Waals surface area contributed by atoms with Gasteiger partial charge in [-0.15, -0.1) is 0 Å². The minimum atomic E-state index is 0.349. The molecule has 4 aromatic rings. The van der Waals surface area contributed by atoms with Crippen LogP contribution in [-0.2, 0) is 0 Å². The van der Waals surface area contributed by atoms with Gasteiger partial charge in [0, 0.05) is 23.2 Å². The third kappa shape index (κ3) is 3.74. The summed E-state index contributed by atoms with van der Waals surface area (Å²) in [4.78, 5) is 0. The van der Waals surface area contributed by atoms with E-state index in [-0.39, 0.29) is 0 Å². The monoisotopic (exact) mass is 433 g/mol. The van der Waals surface area contributed by atoms with Gasteiger partial charge < -0.3 is 4.57 Å². The van der Waals surface area contributed by atoms with E-state index in [9.17, 15) is 0 Å². The highest BCUT2D eigenvalue weighted by Gasteiger charge is 2.20. The van der Waals surface area contributed by atoms with Crippen LogP contribution in [0.25, 0.3) is 22.7 Å². The molecular formula is C32H35N. The topological polar surface area (TPSA) is 4.93 Å². The maximum atomic E-state index is 2.39. The summed E-state index contributed by atoms with van der Waals surface area (Å²) in [5.74, 6) is 1.56. The van der Waals surface area contributed by atoms with E-state index in [0.717, 1.165) is 0 Å². The lowest BCUT2D eigenvalue weighted by molar-refractivity contribution is 0.730. The SMILES string of the molecule is CCC(C)c1ccc2c(c1)C=CC2c1ccc(-n2ccc3c(C)c(C(C)CC)ccc32)cc1. The summed E-state index contributed by atoms with van der Waals surface area (Å²) in [6.45, 7) is 11.4. The van der Waals surface area contributed by atoms with Crippen molar-refractivity contribution >= 4 is 17.0 Å². The zero-order valence-corrected chi connectivity index (χ0v) is 20.6. The highest BCUT2D eigenvalue weighted by molar-refractivity contribution is 5.86. The first-order valence-corrected chi connectivity index (χ1v) is 12.5. The predicted octanol–water partition coefficient (Wildman–Crippen LogP) is 9.12. The van der Waals surface area contributed by atoms with Crippen molar-refractivity contribution in [2.45, 2.75) is 65.2 Å². The zero-order chi connectivity index (χ0) is 23.1. The largest absolute Gasteiger partial charge is 0.317 e. The van der Waals surface area contributed by atoms with Gasteiger partial charge in [-0.3, -0.25) is 0 Å². The van der Waals surface area contributed by atoms with Crippen molar-refractivity contribution in [2.75, 3.05) is 0 Å². The van der Waals surface area contributed by atoms with Gasteiger partial charge in [0.1, 0.15) is 0 Å². The molecule has 0 bridgehead atoms. The summed E-state index contributed by atoms with van der Waals surface area (Å²) < 4.78 is 2.32. The van der Waals surface area contributed by atoms with Crippen LogP contribution < -0.4 is 0 Å². The molecule has 3 aromatic carbocycles. The number of aryl methyl sites for hydroxylation is 1. The summed E-state index contributed by atoms with van der Waals surface area (Å²) in [6.07, 6.45) is 9.22. The summed E-state index contributed by atoms with van der Waals surface area (Å²) in [5.41, 5.74) is 11.0. The number of rotatable bonds is 6. The van der Waals surface area contributed by atoms with Crippen molar-refractivity contribution in [3.63, 3.8) is 0 Å². The fourth-order valence-electron chi connectivity index (χ4n) is 5.36. The first-order valence-electron chi connectivity index (χ1n) is 12.5. The average molecular weight is 434 g/mol. The fraction of sp³-hybridized carbons (Fsp3) is 0.312. The number of hydrogen-bond donors (Lipinski definition) is 0. The van der Waals surface area contributed by atoms with E-state index >= 15 is 0 Å². The molecule has 1 aliphatic rings. The average Bonchev–Trinajstić information content (AvgIpc) is 3.48. The van der Waals surface area contributed by atoms with Gasteiger partial charge >= 0.3 is 0 Å². The number of fused-ring (bicyclic) bond motifs is 2. The maximum Gasteiger partial charge on any atom is 0.0531 e. The molecule has 1 aliphatic carbocycles. The molecule has 0 amide bonds. The van der Waals surface area contributed by atoms with Gasteiger partial charge in [0.25, 0.3) is 0 Å². The standard InChI is InChI=1S/C32H35N/c1-6-21(3)25-10-14-31-26(20-25)11-15-30(31)24-8-12-27(13-9-24)33-19-18-29-23(5)28(22(4)7-2)16-17-32(29)33/h8-22,30H,6-7H2,1-5H3. The van der Waals surface area contributed by atoms with Gasteiger partial charge in [0.2, 0.25) is 0 Å². The fourth-order valence-corrected chi connectivity index (χ4v) is 5.36. The Balaban J connectivity index is 1.44. The third-order valence-corrected chi connectivity index (χ3v) is 7.95. The molecule has 0 N–H and O–H groups in total. The van der Waals surface area contributed by atoms with E-state index in [0.29, 0.717) is 17.8 Å². The number of allylic oxidation sites excluding steroid dienone is 1. The lowest BCUT2D eigenvalue weighted by Gasteiger charge is -2.16. The van der Waals surface area contributed by atoms with Gasteiger partial charge in [0.05, 0.1) is 5.52 Å². The number of hydrogen-bond acceptors (Lipinski definition) is 0. The maximum absolute atomic E-state index is 2.39. The van der Waals surface area contributed by atoms with Crippen LogP contribution in [0.2, 0.25) is 0 Å². The second-order valence-corrected chi connectivity index (χ2v) is 9.83.